The van der Waals surface area contributed by atoms with Crippen LogP contribution in [-0.4, -0.2) is 55.3 Å². The van der Waals surface area contributed by atoms with Crippen LogP contribution in [0.25, 0.3) is 0 Å². The zero-order valence-electron chi connectivity index (χ0n) is 18.3. The number of nitrogens with zero attached hydrogens (tertiary/aromatic N) is 3. The van der Waals surface area contributed by atoms with Gasteiger partial charge in [0.2, 0.25) is 0 Å². The molecule has 3 atom stereocenters. The second kappa shape index (κ2) is 8.66. The van der Waals surface area contributed by atoms with Crippen LogP contribution < -0.4 is 10.2 Å². The Morgan fingerprint density at radius 1 is 1.23 bits per heavy atom. The van der Waals surface area contributed by atoms with Crippen molar-refractivity contribution >= 4 is 5.69 Å². The number of hydrogen-bond donors (Lipinski definition) is 1. The largest absolute Gasteiger partial charge is 0.375 e. The van der Waals surface area contributed by atoms with E-state index < -0.39 is 0 Å². The van der Waals surface area contributed by atoms with Gasteiger partial charge in [-0.3, -0.25) is 9.88 Å². The number of likely N-dealkylation sites (N-methyl/N-ethyl adjacent to an activating group) is 1. The second-order valence-electron chi connectivity index (χ2n) is 9.22. The van der Waals surface area contributed by atoms with Crippen molar-refractivity contribution in [1.29, 1.82) is 0 Å². The first kappa shape index (κ1) is 20.0. The second-order valence-corrected chi connectivity index (χ2v) is 9.22. The minimum Gasteiger partial charge on any atom is -0.375 e. The predicted octanol–water partition coefficient (Wildman–Crippen LogP) is 3.33. The number of fused-ring (bicyclic) bond motifs is 2. The van der Waals surface area contributed by atoms with Crippen molar-refractivity contribution < 1.29 is 4.74 Å². The number of benzene rings is 1. The van der Waals surface area contributed by atoms with Crippen LogP contribution in [0.5, 0.6) is 0 Å². The Kier molecular flexibility index (Phi) is 5.77. The van der Waals surface area contributed by atoms with Crippen molar-refractivity contribution in [2.75, 3.05) is 38.2 Å². The fourth-order valence-corrected chi connectivity index (χ4v) is 5.55. The zero-order chi connectivity index (χ0) is 20.5. The Morgan fingerprint density at radius 3 is 3.03 bits per heavy atom. The molecule has 5 heteroatoms. The van der Waals surface area contributed by atoms with E-state index in [-0.39, 0.29) is 0 Å². The van der Waals surface area contributed by atoms with Crippen molar-refractivity contribution in [2.24, 2.45) is 0 Å². The monoisotopic (exact) mass is 406 g/mol. The molecule has 0 spiro atoms. The van der Waals surface area contributed by atoms with Crippen LogP contribution in [0, 0.1) is 0 Å². The van der Waals surface area contributed by atoms with Crippen LogP contribution in [0.1, 0.15) is 48.2 Å². The van der Waals surface area contributed by atoms with Crippen LogP contribution in [0.2, 0.25) is 0 Å². The molecular formula is C25H34N4O. The topological polar surface area (TPSA) is 40.6 Å². The van der Waals surface area contributed by atoms with Gasteiger partial charge < -0.3 is 15.0 Å². The number of anilines is 1. The molecule has 1 aliphatic carbocycles. The summed E-state index contributed by atoms with van der Waals surface area (Å²) >= 11 is 0. The van der Waals surface area contributed by atoms with Gasteiger partial charge in [0.05, 0.1) is 24.4 Å². The molecular weight excluding hydrogens is 372 g/mol. The molecule has 160 valence electrons. The van der Waals surface area contributed by atoms with Crippen molar-refractivity contribution in [2.45, 2.75) is 57.3 Å². The van der Waals surface area contributed by atoms with Gasteiger partial charge in [-0.05, 0) is 68.5 Å². The highest BCUT2D eigenvalue weighted by molar-refractivity contribution is 5.58. The minimum atomic E-state index is 0.303. The molecule has 3 aliphatic rings. The maximum absolute atomic E-state index is 5.78. The number of rotatable bonds is 4. The van der Waals surface area contributed by atoms with E-state index in [0.29, 0.717) is 18.2 Å². The number of nitrogens with one attached hydrogen (secondary N) is 1. The SMILES string of the molecule is C[C@@H]1CN(c2cccc3c2C[C@H](CN(C)[C@H]2CCCc4cccnc42)NC3)CCO1. The maximum atomic E-state index is 5.78. The van der Waals surface area contributed by atoms with Gasteiger partial charge in [-0.1, -0.05) is 18.2 Å². The normalized spacial score (nSPS) is 26.4. The Hall–Kier alpha value is -1.95. The summed E-state index contributed by atoms with van der Waals surface area (Å²) in [6.07, 6.45) is 6.98. The quantitative estimate of drug-likeness (QED) is 0.843. The fraction of sp³-hybridized carbons (Fsp3) is 0.560. The summed E-state index contributed by atoms with van der Waals surface area (Å²) in [6.45, 7) is 6.98. The number of hydrogen-bond acceptors (Lipinski definition) is 5. The molecule has 3 heterocycles. The molecule has 2 aliphatic heterocycles. The van der Waals surface area contributed by atoms with E-state index in [1.54, 1.807) is 0 Å². The van der Waals surface area contributed by atoms with Crippen LogP contribution in [0.15, 0.2) is 36.5 Å². The lowest BCUT2D eigenvalue weighted by atomic mass is 9.89. The van der Waals surface area contributed by atoms with Gasteiger partial charge in [0.15, 0.2) is 0 Å². The molecule has 1 aromatic heterocycles. The van der Waals surface area contributed by atoms with E-state index in [4.69, 9.17) is 9.72 Å². The number of aryl methyl sites for hydroxylation is 1. The number of pyridine rings is 1. The van der Waals surface area contributed by atoms with E-state index in [0.717, 1.165) is 39.2 Å². The predicted molar refractivity (Wildman–Crippen MR) is 121 cm³/mol. The van der Waals surface area contributed by atoms with Gasteiger partial charge in [-0.25, -0.2) is 0 Å². The van der Waals surface area contributed by atoms with E-state index in [1.807, 2.05) is 6.20 Å². The van der Waals surface area contributed by atoms with Crippen molar-refractivity contribution in [3.63, 3.8) is 0 Å². The Morgan fingerprint density at radius 2 is 2.13 bits per heavy atom. The highest BCUT2D eigenvalue weighted by Gasteiger charge is 2.29. The number of ether oxygens (including phenoxy) is 1. The summed E-state index contributed by atoms with van der Waals surface area (Å²) in [5, 5.41) is 3.80. The van der Waals surface area contributed by atoms with Crippen molar-refractivity contribution in [1.82, 2.24) is 15.2 Å². The standard InChI is InChI=1S/C25H34N4O/c1-18-16-29(12-13-30-18)23-9-4-7-20-15-27-21(14-22(20)23)17-28(2)24-10-3-6-19-8-5-11-26-25(19)24/h4-5,7-9,11,18,21,24,27H,3,6,10,12-17H2,1-2H3/t18-,21-,24+/m1/s1. The first-order valence-electron chi connectivity index (χ1n) is 11.5. The average molecular weight is 407 g/mol. The first-order chi connectivity index (χ1) is 14.7. The van der Waals surface area contributed by atoms with E-state index in [1.165, 1.54) is 47.3 Å². The molecule has 30 heavy (non-hydrogen) atoms. The lowest BCUT2D eigenvalue weighted by Gasteiger charge is -2.39. The third-order valence-corrected chi connectivity index (χ3v) is 7.07. The molecule has 1 N–H and O–H groups in total. The molecule has 0 unspecified atom stereocenters. The fourth-order valence-electron chi connectivity index (χ4n) is 5.55. The van der Waals surface area contributed by atoms with Gasteiger partial charge in [-0.15, -0.1) is 0 Å². The molecule has 1 aromatic carbocycles. The van der Waals surface area contributed by atoms with Crippen LogP contribution >= 0.6 is 0 Å². The van der Waals surface area contributed by atoms with E-state index in [9.17, 15) is 0 Å². The summed E-state index contributed by atoms with van der Waals surface area (Å²) in [6, 6.07) is 12.1. The summed E-state index contributed by atoms with van der Waals surface area (Å²) in [5.41, 5.74) is 7.14. The Bertz CT molecular complexity index is 885. The van der Waals surface area contributed by atoms with E-state index >= 15 is 0 Å². The van der Waals surface area contributed by atoms with Gasteiger partial charge in [0.1, 0.15) is 0 Å². The van der Waals surface area contributed by atoms with Gasteiger partial charge in [-0.2, -0.15) is 0 Å². The summed E-state index contributed by atoms with van der Waals surface area (Å²) in [7, 11) is 2.28. The van der Waals surface area contributed by atoms with Crippen molar-refractivity contribution in [3.8, 4) is 0 Å². The highest BCUT2D eigenvalue weighted by atomic mass is 16.5. The third-order valence-electron chi connectivity index (χ3n) is 7.07. The average Bonchev–Trinajstić information content (AvgIpc) is 2.78. The first-order valence-corrected chi connectivity index (χ1v) is 11.5. The Labute approximate surface area is 180 Å². The smallest absolute Gasteiger partial charge is 0.0722 e. The van der Waals surface area contributed by atoms with Crippen LogP contribution in [0.4, 0.5) is 5.69 Å². The lowest BCUT2D eigenvalue weighted by Crippen LogP contribution is -2.46. The lowest BCUT2D eigenvalue weighted by molar-refractivity contribution is 0.0531. The maximum Gasteiger partial charge on any atom is 0.0722 e. The minimum absolute atomic E-state index is 0.303. The molecule has 0 amide bonds. The molecule has 0 bridgehead atoms. The molecule has 1 saturated heterocycles. The molecule has 1 fully saturated rings. The zero-order valence-corrected chi connectivity index (χ0v) is 18.3. The molecule has 5 rings (SSSR count). The summed E-state index contributed by atoms with van der Waals surface area (Å²) < 4.78 is 5.78. The molecule has 0 saturated carbocycles. The summed E-state index contributed by atoms with van der Waals surface area (Å²) in [5.74, 6) is 0. The molecule has 0 radical (unpaired) electrons. The van der Waals surface area contributed by atoms with Gasteiger partial charge in [0.25, 0.3) is 0 Å². The number of aromatic nitrogens is 1. The summed E-state index contributed by atoms with van der Waals surface area (Å²) in [4.78, 5) is 9.82. The number of morpholine rings is 1. The van der Waals surface area contributed by atoms with Crippen LogP contribution in [-0.2, 0) is 24.1 Å². The molecule has 5 nitrogen and oxygen atoms in total. The van der Waals surface area contributed by atoms with E-state index in [2.05, 4.69) is 59.4 Å². The Balaban J connectivity index is 1.31. The van der Waals surface area contributed by atoms with Crippen molar-refractivity contribution in [3.05, 3.63) is 58.9 Å². The molecule has 2 aromatic rings. The van der Waals surface area contributed by atoms with Gasteiger partial charge >= 0.3 is 0 Å². The van der Waals surface area contributed by atoms with Crippen LogP contribution in [0.3, 0.4) is 0 Å². The highest BCUT2D eigenvalue weighted by Crippen LogP contribution is 2.33. The third kappa shape index (κ3) is 3.98. The van der Waals surface area contributed by atoms with Gasteiger partial charge in [0, 0.05) is 44.1 Å².